The molecule has 4 heteroatoms. The Morgan fingerprint density at radius 1 is 1.21 bits per heavy atom. The quantitative estimate of drug-likeness (QED) is 0.858. The van der Waals surface area contributed by atoms with Gasteiger partial charge in [0, 0.05) is 12.2 Å². The van der Waals surface area contributed by atoms with E-state index in [2.05, 4.69) is 33.8 Å². The predicted octanol–water partition coefficient (Wildman–Crippen LogP) is 2.34. The van der Waals surface area contributed by atoms with Gasteiger partial charge in [-0.3, -0.25) is 0 Å². The maximum atomic E-state index is 8.87. The lowest BCUT2D eigenvalue weighted by atomic mass is 9.99. The van der Waals surface area contributed by atoms with Gasteiger partial charge < -0.3 is 10.6 Å². The van der Waals surface area contributed by atoms with Crippen molar-refractivity contribution in [1.82, 2.24) is 10.3 Å². The molecular formula is C15H14N4. The molecule has 19 heavy (non-hydrogen) atoms. The highest BCUT2D eigenvalue weighted by molar-refractivity contribution is 5.63. The summed E-state index contributed by atoms with van der Waals surface area (Å²) >= 11 is 0. The largest absolute Gasteiger partial charge is 0.340 e. The molecule has 2 heterocycles. The van der Waals surface area contributed by atoms with E-state index in [1.54, 1.807) is 6.07 Å². The van der Waals surface area contributed by atoms with Gasteiger partial charge in [-0.1, -0.05) is 18.2 Å². The summed E-state index contributed by atoms with van der Waals surface area (Å²) in [7, 11) is 0. The number of benzene rings is 1. The summed E-state index contributed by atoms with van der Waals surface area (Å²) in [5, 5.41) is 15.6. The third-order valence-corrected chi connectivity index (χ3v) is 3.27. The topological polar surface area (TPSA) is 60.7 Å². The van der Waals surface area contributed by atoms with Crippen LogP contribution in [-0.4, -0.2) is 11.5 Å². The second-order valence-corrected chi connectivity index (χ2v) is 4.51. The number of nitrogens with one attached hydrogen (secondary N) is 2. The summed E-state index contributed by atoms with van der Waals surface area (Å²) in [5.74, 6) is 0.714. The van der Waals surface area contributed by atoms with E-state index in [9.17, 15) is 0 Å². The molecule has 0 atom stereocenters. The molecule has 1 aliphatic rings. The van der Waals surface area contributed by atoms with Gasteiger partial charge in [-0.05, 0) is 42.3 Å². The van der Waals surface area contributed by atoms with E-state index in [1.165, 1.54) is 11.1 Å². The van der Waals surface area contributed by atoms with Crippen molar-refractivity contribution < 1.29 is 0 Å². The van der Waals surface area contributed by atoms with E-state index < -0.39 is 0 Å². The van der Waals surface area contributed by atoms with Crippen LogP contribution < -0.4 is 10.6 Å². The number of pyridine rings is 1. The van der Waals surface area contributed by atoms with Crippen LogP contribution in [0.15, 0.2) is 36.4 Å². The molecule has 1 aromatic heterocycles. The van der Waals surface area contributed by atoms with Gasteiger partial charge >= 0.3 is 0 Å². The molecule has 94 valence electrons. The van der Waals surface area contributed by atoms with Crippen molar-refractivity contribution in [2.45, 2.75) is 13.0 Å². The van der Waals surface area contributed by atoms with Gasteiger partial charge in [0.2, 0.25) is 0 Å². The molecular weight excluding hydrogens is 236 g/mol. The Kier molecular flexibility index (Phi) is 3.13. The molecule has 0 saturated heterocycles. The predicted molar refractivity (Wildman–Crippen MR) is 74.1 cm³/mol. The third-order valence-electron chi connectivity index (χ3n) is 3.27. The minimum absolute atomic E-state index is 0.427. The highest BCUT2D eigenvalue weighted by atomic mass is 15.0. The van der Waals surface area contributed by atoms with Crippen molar-refractivity contribution in [3.05, 3.63) is 53.2 Å². The average Bonchev–Trinajstić information content (AvgIpc) is 2.48. The molecule has 0 amide bonds. The molecule has 0 spiro atoms. The molecule has 0 radical (unpaired) electrons. The molecule has 0 bridgehead atoms. The number of anilines is 2. The SMILES string of the molecule is N#Cc1cccc(Nc2cccc3c2CCNC3)n1. The van der Waals surface area contributed by atoms with Crippen molar-refractivity contribution in [3.8, 4) is 6.07 Å². The van der Waals surface area contributed by atoms with E-state index in [-0.39, 0.29) is 0 Å². The molecule has 0 unspecified atom stereocenters. The molecule has 1 aromatic carbocycles. The summed E-state index contributed by atoms with van der Waals surface area (Å²) < 4.78 is 0. The fourth-order valence-corrected chi connectivity index (χ4v) is 2.35. The second-order valence-electron chi connectivity index (χ2n) is 4.51. The summed E-state index contributed by atoms with van der Waals surface area (Å²) in [6.45, 7) is 1.91. The van der Waals surface area contributed by atoms with Gasteiger partial charge in [0.05, 0.1) is 0 Å². The maximum Gasteiger partial charge on any atom is 0.142 e. The first-order chi connectivity index (χ1) is 9.36. The highest BCUT2D eigenvalue weighted by Crippen LogP contribution is 2.25. The van der Waals surface area contributed by atoms with Gasteiger partial charge in [-0.25, -0.2) is 4.98 Å². The Hall–Kier alpha value is -2.38. The van der Waals surface area contributed by atoms with Crippen LogP contribution in [0.2, 0.25) is 0 Å². The number of aromatic nitrogens is 1. The molecule has 4 nitrogen and oxygen atoms in total. The highest BCUT2D eigenvalue weighted by Gasteiger charge is 2.12. The van der Waals surface area contributed by atoms with Gasteiger partial charge in [-0.2, -0.15) is 5.26 Å². The minimum Gasteiger partial charge on any atom is -0.340 e. The van der Waals surface area contributed by atoms with Crippen LogP contribution in [0.5, 0.6) is 0 Å². The van der Waals surface area contributed by atoms with Gasteiger partial charge in [-0.15, -0.1) is 0 Å². The zero-order valence-corrected chi connectivity index (χ0v) is 10.5. The van der Waals surface area contributed by atoms with Crippen molar-refractivity contribution in [2.75, 3.05) is 11.9 Å². The zero-order chi connectivity index (χ0) is 13.1. The summed E-state index contributed by atoms with van der Waals surface area (Å²) in [4.78, 5) is 4.25. The van der Waals surface area contributed by atoms with Gasteiger partial charge in [0.25, 0.3) is 0 Å². The number of hydrogen-bond donors (Lipinski definition) is 2. The van der Waals surface area contributed by atoms with Crippen LogP contribution in [0.25, 0.3) is 0 Å². The fraction of sp³-hybridized carbons (Fsp3) is 0.200. The molecule has 0 saturated carbocycles. The lowest BCUT2D eigenvalue weighted by molar-refractivity contribution is 0.645. The van der Waals surface area contributed by atoms with Crippen LogP contribution in [0.3, 0.4) is 0 Å². The van der Waals surface area contributed by atoms with Crippen LogP contribution in [0, 0.1) is 11.3 Å². The molecule has 1 aliphatic heterocycles. The normalized spacial score (nSPS) is 13.4. The van der Waals surface area contributed by atoms with Crippen molar-refractivity contribution in [1.29, 1.82) is 5.26 Å². The minimum atomic E-state index is 0.427. The standard InChI is InChI=1S/C15H14N4/c16-9-12-4-2-6-15(18-12)19-14-5-1-3-11-10-17-8-7-13(11)14/h1-6,17H,7-8,10H2,(H,18,19). The van der Waals surface area contributed by atoms with Crippen molar-refractivity contribution in [2.24, 2.45) is 0 Å². The number of hydrogen-bond acceptors (Lipinski definition) is 4. The van der Waals surface area contributed by atoms with Crippen LogP contribution in [-0.2, 0) is 13.0 Å². The third kappa shape index (κ3) is 2.42. The summed E-state index contributed by atoms with van der Waals surface area (Å²) in [6.07, 6.45) is 1.01. The van der Waals surface area contributed by atoms with E-state index >= 15 is 0 Å². The number of nitriles is 1. The smallest absolute Gasteiger partial charge is 0.142 e. The molecule has 2 aromatic rings. The summed E-state index contributed by atoms with van der Waals surface area (Å²) in [5.41, 5.74) is 4.18. The number of rotatable bonds is 2. The van der Waals surface area contributed by atoms with Crippen molar-refractivity contribution >= 4 is 11.5 Å². The Labute approximate surface area is 112 Å². The first-order valence-electron chi connectivity index (χ1n) is 6.32. The fourth-order valence-electron chi connectivity index (χ4n) is 2.35. The lowest BCUT2D eigenvalue weighted by Crippen LogP contribution is -2.24. The second kappa shape index (κ2) is 5.09. The van der Waals surface area contributed by atoms with E-state index in [1.807, 2.05) is 18.2 Å². The molecule has 0 aliphatic carbocycles. The van der Waals surface area contributed by atoms with Crippen molar-refractivity contribution in [3.63, 3.8) is 0 Å². The number of fused-ring (bicyclic) bond motifs is 1. The van der Waals surface area contributed by atoms with Gasteiger partial charge in [0.15, 0.2) is 0 Å². The first-order valence-corrected chi connectivity index (χ1v) is 6.32. The Balaban J connectivity index is 1.93. The lowest BCUT2D eigenvalue weighted by Gasteiger charge is -2.20. The molecule has 2 N–H and O–H groups in total. The van der Waals surface area contributed by atoms with E-state index in [4.69, 9.17) is 5.26 Å². The first kappa shape index (κ1) is 11.7. The van der Waals surface area contributed by atoms with E-state index in [0.29, 0.717) is 11.5 Å². The van der Waals surface area contributed by atoms with Crippen LogP contribution >= 0.6 is 0 Å². The Bertz CT molecular complexity index is 643. The zero-order valence-electron chi connectivity index (χ0n) is 10.5. The Morgan fingerprint density at radius 3 is 3.00 bits per heavy atom. The molecule has 3 rings (SSSR count). The van der Waals surface area contributed by atoms with Crippen LogP contribution in [0.4, 0.5) is 11.5 Å². The monoisotopic (exact) mass is 250 g/mol. The molecule has 0 fully saturated rings. The average molecular weight is 250 g/mol. The van der Waals surface area contributed by atoms with E-state index in [0.717, 1.165) is 25.2 Å². The summed E-state index contributed by atoms with van der Waals surface area (Å²) in [6, 6.07) is 13.7. The maximum absolute atomic E-state index is 8.87. The number of nitrogens with zero attached hydrogens (tertiary/aromatic N) is 2. The van der Waals surface area contributed by atoms with Crippen LogP contribution in [0.1, 0.15) is 16.8 Å². The Morgan fingerprint density at radius 2 is 2.11 bits per heavy atom. The van der Waals surface area contributed by atoms with Gasteiger partial charge in [0.1, 0.15) is 17.6 Å².